The van der Waals surface area contributed by atoms with Gasteiger partial charge in [-0.1, -0.05) is 25.6 Å². The van der Waals surface area contributed by atoms with Gasteiger partial charge < -0.3 is 20.0 Å². The first kappa shape index (κ1) is 52.7. The summed E-state index contributed by atoms with van der Waals surface area (Å²) < 4.78 is 120. The average molecular weight is 1080 g/mol. The Kier molecular flexibility index (Phi) is 15.4. The predicted octanol–water partition coefficient (Wildman–Crippen LogP) is 7.84. The van der Waals surface area contributed by atoms with Crippen molar-refractivity contribution >= 4 is 33.2 Å². The molecule has 1 aliphatic heterocycles. The van der Waals surface area contributed by atoms with Crippen LogP contribution in [0.25, 0.3) is 11.1 Å². The van der Waals surface area contributed by atoms with Gasteiger partial charge in [-0.25, -0.2) is 26.9 Å². The van der Waals surface area contributed by atoms with Crippen molar-refractivity contribution in [3.8, 4) is 17.2 Å². The van der Waals surface area contributed by atoms with Crippen molar-refractivity contribution in [2.24, 2.45) is 0 Å². The van der Waals surface area contributed by atoms with Gasteiger partial charge in [-0.15, -0.1) is 10.2 Å². The fourth-order valence-electron chi connectivity index (χ4n) is 7.81. The molecule has 0 spiro atoms. The van der Waals surface area contributed by atoms with Crippen LogP contribution in [0.5, 0.6) is 0 Å². The van der Waals surface area contributed by atoms with Gasteiger partial charge in [-0.05, 0) is 121 Å². The molecule has 0 unspecified atom stereocenters. The summed E-state index contributed by atoms with van der Waals surface area (Å²) in [6.07, 6.45) is 4.28. The van der Waals surface area contributed by atoms with Crippen LogP contribution in [0, 0.1) is 34.6 Å². The summed E-state index contributed by atoms with van der Waals surface area (Å²) in [5, 5.41) is 51.6. The molecule has 8 aromatic rings. The number of aromatic nitrogens is 10. The number of rotatable bonds is 13. The van der Waals surface area contributed by atoms with Crippen LogP contribution in [-0.4, -0.2) is 86.1 Å². The zero-order chi connectivity index (χ0) is 51.4. The van der Waals surface area contributed by atoms with Crippen molar-refractivity contribution in [3.63, 3.8) is 0 Å². The molecule has 16 nitrogen and oxygen atoms in total. The van der Waals surface area contributed by atoms with Gasteiger partial charge in [-0.3, -0.25) is 14.8 Å². The topological polar surface area (TPSA) is 201 Å². The lowest BCUT2D eigenvalue weighted by Crippen LogP contribution is -2.50. The Balaban J connectivity index is 0.000000245. The number of amides is 1. The maximum absolute atomic E-state index is 16.1. The molecule has 9 rings (SSSR count). The van der Waals surface area contributed by atoms with Gasteiger partial charge in [-0.2, -0.15) is 22.8 Å². The number of piperazine rings is 1. The van der Waals surface area contributed by atoms with Gasteiger partial charge in [0.1, 0.15) is 47.3 Å². The van der Waals surface area contributed by atoms with Gasteiger partial charge in [0.2, 0.25) is 5.91 Å². The van der Waals surface area contributed by atoms with E-state index in [0.717, 1.165) is 76.0 Å². The molecule has 0 aliphatic carbocycles. The second kappa shape index (κ2) is 21.3. The number of carbonyl (C=O) groups is 1. The molecule has 2 atom stereocenters. The van der Waals surface area contributed by atoms with E-state index in [1.807, 2.05) is 17.0 Å². The first-order chi connectivity index (χ1) is 34.3. The van der Waals surface area contributed by atoms with E-state index in [0.29, 0.717) is 46.4 Å². The molecule has 0 saturated carbocycles. The maximum atomic E-state index is 16.1. The van der Waals surface area contributed by atoms with Crippen molar-refractivity contribution in [3.05, 3.63) is 190 Å². The van der Waals surface area contributed by atoms with Crippen molar-refractivity contribution in [2.45, 2.75) is 43.6 Å². The Morgan fingerprint density at radius 2 is 1.12 bits per heavy atom. The fraction of sp³-hybridized carbons (Fsp3) is 0.208. The molecule has 2 N–H and O–H groups in total. The highest BCUT2D eigenvalue weighted by atomic mass is 79.9. The molecule has 25 heteroatoms. The second-order valence-corrected chi connectivity index (χ2v) is 17.0. The first-order valence-electron chi connectivity index (χ1n) is 21.1. The van der Waals surface area contributed by atoms with Crippen LogP contribution < -0.4 is 9.80 Å². The van der Waals surface area contributed by atoms with Gasteiger partial charge in [0.25, 0.3) is 0 Å². The first-order valence-corrected chi connectivity index (χ1v) is 21.9. The molecule has 4 aromatic carbocycles. The lowest BCUT2D eigenvalue weighted by atomic mass is 9.84. The molecule has 1 saturated heterocycles. The molecule has 0 bridgehead atoms. The molecule has 5 heterocycles. The third kappa shape index (κ3) is 10.8. The average Bonchev–Trinajstić information content (AvgIpc) is 4.09. The van der Waals surface area contributed by atoms with Crippen LogP contribution in [0.2, 0.25) is 0 Å². The molecule has 1 amide bonds. The van der Waals surface area contributed by atoms with E-state index >= 15 is 17.6 Å². The number of nitrogens with zero attached hydrogens (tertiary/aromatic N) is 13. The number of hydrogen-bond donors (Lipinski definition) is 2. The number of anilines is 2. The Labute approximate surface area is 417 Å². The minimum atomic E-state index is -4.17. The Hall–Kier alpha value is -8.08. The summed E-state index contributed by atoms with van der Waals surface area (Å²) in [5.74, 6) is -13.0. The van der Waals surface area contributed by atoms with Gasteiger partial charge in [0.05, 0.1) is 31.3 Å². The standard InChI is InChI=1S/C32H24F4N8O2.C15H10BrF4N5O.CH4/c33-24-6-11-27(28(34)15-24)31(46,19-43-20-39-40-41-43)32(35,36)29-12-5-23(17-38-29)22-3-9-25(10-4-22)42-13-14-44(30(45)18-42)26-7-1-21(16-37)2-8-26;16-9-1-4-13(21-6-9)15(19,20)14(26,7-25-8-22-23-24-25)11-3-2-10(17)5-12(11)18;/h1-12,15,17,20,46H,13-14,18-19H2;1-6,8,26H,7H2;1H4/t31-;14-;/m00./s1. The molecular formula is C48H38BrF8N13O3. The van der Waals surface area contributed by atoms with Crippen molar-refractivity contribution in [1.29, 1.82) is 5.26 Å². The van der Waals surface area contributed by atoms with E-state index in [1.165, 1.54) is 18.3 Å². The number of nitriles is 1. The van der Waals surface area contributed by atoms with E-state index in [9.17, 15) is 32.6 Å². The maximum Gasteiger partial charge on any atom is 0.323 e. The van der Waals surface area contributed by atoms with E-state index in [-0.39, 0.29) is 19.9 Å². The second-order valence-electron chi connectivity index (χ2n) is 16.1. The summed E-state index contributed by atoms with van der Waals surface area (Å²) in [6, 6.07) is 24.6. The summed E-state index contributed by atoms with van der Waals surface area (Å²) in [5.41, 5.74) is -6.54. The highest BCUT2D eigenvalue weighted by Crippen LogP contribution is 2.48. The lowest BCUT2D eigenvalue weighted by molar-refractivity contribution is -0.207. The molecular weight excluding hydrogens is 1040 g/mol. The number of benzene rings is 4. The summed E-state index contributed by atoms with van der Waals surface area (Å²) in [4.78, 5) is 24.0. The Morgan fingerprint density at radius 3 is 1.55 bits per heavy atom. The number of alkyl halides is 4. The molecule has 4 aromatic heterocycles. The van der Waals surface area contributed by atoms with Crippen molar-refractivity contribution in [1.82, 2.24) is 50.4 Å². The zero-order valence-electron chi connectivity index (χ0n) is 36.8. The minimum Gasteiger partial charge on any atom is -0.377 e. The van der Waals surface area contributed by atoms with Crippen LogP contribution in [0.4, 0.5) is 46.5 Å². The largest absolute Gasteiger partial charge is 0.377 e. The van der Waals surface area contributed by atoms with Crippen LogP contribution >= 0.6 is 15.9 Å². The number of aliphatic hydroxyl groups is 2. The smallest absolute Gasteiger partial charge is 0.323 e. The highest BCUT2D eigenvalue weighted by Gasteiger charge is 2.59. The van der Waals surface area contributed by atoms with E-state index in [4.69, 9.17) is 5.26 Å². The SMILES string of the molecule is C.N#Cc1ccc(N2CCN(c3ccc(-c4ccc(C(F)(F)[C@](O)(Cn5cnnn5)c5ccc(F)cc5F)nc4)cc3)CC2=O)cc1.O[C@@](Cn1cnnn1)(c1ccc(F)cc1F)C(F)(F)c1ccc(Br)cn1. The predicted molar refractivity (Wildman–Crippen MR) is 248 cm³/mol. The zero-order valence-corrected chi connectivity index (χ0v) is 38.3. The number of carbonyl (C=O) groups excluding carboxylic acids is 1. The summed E-state index contributed by atoms with van der Waals surface area (Å²) >= 11 is 3.07. The summed E-state index contributed by atoms with van der Waals surface area (Å²) in [6.45, 7) is -0.683. The minimum absolute atomic E-state index is 0. The molecule has 1 aliphatic rings. The number of tetrazole rings is 2. The van der Waals surface area contributed by atoms with Gasteiger partial charge >= 0.3 is 11.8 Å². The summed E-state index contributed by atoms with van der Waals surface area (Å²) in [7, 11) is 0. The van der Waals surface area contributed by atoms with Gasteiger partial charge in [0, 0.05) is 70.2 Å². The third-order valence-corrected chi connectivity index (χ3v) is 12.1. The van der Waals surface area contributed by atoms with Crippen LogP contribution in [-0.2, 0) is 40.9 Å². The molecule has 376 valence electrons. The normalized spacial score (nSPS) is 14.5. The van der Waals surface area contributed by atoms with Crippen LogP contribution in [0.3, 0.4) is 0 Å². The molecule has 0 radical (unpaired) electrons. The van der Waals surface area contributed by atoms with E-state index in [1.54, 1.807) is 41.3 Å². The number of halogens is 9. The van der Waals surface area contributed by atoms with Crippen LogP contribution in [0.1, 0.15) is 35.5 Å². The molecule has 73 heavy (non-hydrogen) atoms. The van der Waals surface area contributed by atoms with Crippen LogP contribution in [0.15, 0.2) is 139 Å². The monoisotopic (exact) mass is 1080 g/mol. The Bertz CT molecular complexity index is 3210. The molecule has 1 fully saturated rings. The lowest BCUT2D eigenvalue weighted by Gasteiger charge is -2.36. The van der Waals surface area contributed by atoms with E-state index in [2.05, 4.69) is 63.0 Å². The van der Waals surface area contributed by atoms with Gasteiger partial charge in [0.15, 0.2) is 11.2 Å². The van der Waals surface area contributed by atoms with Crippen molar-refractivity contribution in [2.75, 3.05) is 29.4 Å². The van der Waals surface area contributed by atoms with Crippen molar-refractivity contribution < 1.29 is 50.1 Å². The number of hydrogen-bond acceptors (Lipinski definition) is 13. The number of pyridine rings is 2. The highest BCUT2D eigenvalue weighted by molar-refractivity contribution is 9.10. The quantitative estimate of drug-likeness (QED) is 0.106. The third-order valence-electron chi connectivity index (χ3n) is 11.6. The fourth-order valence-corrected chi connectivity index (χ4v) is 8.05. The Morgan fingerprint density at radius 1 is 0.630 bits per heavy atom. The van der Waals surface area contributed by atoms with E-state index < -0.39 is 81.9 Å².